The van der Waals surface area contributed by atoms with Crippen LogP contribution in [0.1, 0.15) is 12.0 Å². The Labute approximate surface area is 119 Å². The van der Waals surface area contributed by atoms with Crippen LogP contribution < -0.4 is 20.5 Å². The minimum absolute atomic E-state index is 0. The summed E-state index contributed by atoms with van der Waals surface area (Å²) in [6.45, 7) is 0.927. The van der Waals surface area contributed by atoms with Crippen molar-refractivity contribution in [2.45, 2.75) is 12.8 Å². The molecule has 3 N–H and O–H groups in total. The predicted molar refractivity (Wildman–Crippen MR) is 77.2 cm³/mol. The Hall–Kier alpha value is -1.46. The smallest absolute Gasteiger partial charge is 0.221 e. The molecule has 0 fully saturated rings. The van der Waals surface area contributed by atoms with E-state index in [9.17, 15) is 4.79 Å². The van der Waals surface area contributed by atoms with Gasteiger partial charge in [0.2, 0.25) is 5.91 Å². The summed E-state index contributed by atoms with van der Waals surface area (Å²) in [6, 6.07) is 5.61. The highest BCUT2D eigenvalue weighted by molar-refractivity contribution is 5.85. The fraction of sp³-hybridized carbons (Fsp3) is 0.462. The normalized spacial score (nSPS) is 9.42. The van der Waals surface area contributed by atoms with Crippen LogP contribution in [0.2, 0.25) is 0 Å². The SMILES string of the molecule is COc1ccc(OC)c(CCNC(=O)CCN)c1.Cl. The maximum atomic E-state index is 11.3. The Kier molecular flexibility index (Phi) is 8.74. The summed E-state index contributed by atoms with van der Waals surface area (Å²) < 4.78 is 10.4. The van der Waals surface area contributed by atoms with Crippen LogP contribution in [-0.2, 0) is 11.2 Å². The van der Waals surface area contributed by atoms with Gasteiger partial charge in [-0.1, -0.05) is 0 Å². The van der Waals surface area contributed by atoms with Gasteiger partial charge in [0, 0.05) is 19.5 Å². The summed E-state index contributed by atoms with van der Waals surface area (Å²) in [5.74, 6) is 1.54. The number of ether oxygens (including phenoxy) is 2. The van der Waals surface area contributed by atoms with E-state index in [1.54, 1.807) is 14.2 Å². The molecular weight excluding hydrogens is 268 g/mol. The van der Waals surface area contributed by atoms with Crippen LogP contribution in [-0.4, -0.2) is 33.2 Å². The Morgan fingerprint density at radius 3 is 2.63 bits per heavy atom. The van der Waals surface area contributed by atoms with Crippen molar-refractivity contribution in [2.24, 2.45) is 5.73 Å². The van der Waals surface area contributed by atoms with E-state index in [0.29, 0.717) is 25.9 Å². The molecule has 6 heteroatoms. The molecule has 1 aromatic carbocycles. The van der Waals surface area contributed by atoms with E-state index in [1.165, 1.54) is 0 Å². The van der Waals surface area contributed by atoms with E-state index in [0.717, 1.165) is 17.1 Å². The Morgan fingerprint density at radius 2 is 2.05 bits per heavy atom. The van der Waals surface area contributed by atoms with E-state index in [4.69, 9.17) is 15.2 Å². The van der Waals surface area contributed by atoms with Crippen molar-refractivity contribution >= 4 is 18.3 Å². The van der Waals surface area contributed by atoms with Crippen molar-refractivity contribution in [3.8, 4) is 11.5 Å². The fourth-order valence-corrected chi connectivity index (χ4v) is 1.63. The highest BCUT2D eigenvalue weighted by Crippen LogP contribution is 2.23. The van der Waals surface area contributed by atoms with Crippen molar-refractivity contribution in [3.63, 3.8) is 0 Å². The number of halogens is 1. The monoisotopic (exact) mass is 288 g/mol. The zero-order valence-electron chi connectivity index (χ0n) is 11.3. The maximum Gasteiger partial charge on any atom is 0.221 e. The largest absolute Gasteiger partial charge is 0.497 e. The van der Waals surface area contributed by atoms with Gasteiger partial charge < -0.3 is 20.5 Å². The second kappa shape index (κ2) is 9.47. The zero-order valence-corrected chi connectivity index (χ0v) is 12.1. The number of nitrogens with one attached hydrogen (secondary N) is 1. The molecule has 0 heterocycles. The first kappa shape index (κ1) is 17.5. The molecule has 1 amide bonds. The van der Waals surface area contributed by atoms with Gasteiger partial charge in [0.1, 0.15) is 11.5 Å². The first-order valence-corrected chi connectivity index (χ1v) is 5.89. The molecule has 0 aliphatic carbocycles. The number of benzene rings is 1. The van der Waals surface area contributed by atoms with Gasteiger partial charge in [-0.3, -0.25) is 4.79 Å². The number of nitrogens with two attached hydrogens (primary N) is 1. The molecule has 19 heavy (non-hydrogen) atoms. The Bertz CT molecular complexity index is 399. The van der Waals surface area contributed by atoms with E-state index >= 15 is 0 Å². The highest BCUT2D eigenvalue weighted by Gasteiger charge is 2.06. The van der Waals surface area contributed by atoms with Gasteiger partial charge >= 0.3 is 0 Å². The number of rotatable bonds is 7. The Morgan fingerprint density at radius 1 is 1.32 bits per heavy atom. The van der Waals surface area contributed by atoms with Gasteiger partial charge in [-0.05, 0) is 30.2 Å². The molecule has 1 rings (SSSR count). The lowest BCUT2D eigenvalue weighted by Crippen LogP contribution is -2.27. The third-order valence-corrected chi connectivity index (χ3v) is 2.58. The first-order chi connectivity index (χ1) is 8.71. The standard InChI is InChI=1S/C13H20N2O3.ClH/c1-17-11-3-4-12(18-2)10(9-11)6-8-15-13(16)5-7-14;/h3-4,9H,5-8,14H2,1-2H3,(H,15,16);1H. The summed E-state index contributed by atoms with van der Waals surface area (Å²) in [5, 5.41) is 2.81. The lowest BCUT2D eigenvalue weighted by Gasteiger charge is -2.11. The summed E-state index contributed by atoms with van der Waals surface area (Å²) in [5.41, 5.74) is 6.30. The third kappa shape index (κ3) is 5.81. The number of carbonyl (C=O) groups excluding carboxylic acids is 1. The fourth-order valence-electron chi connectivity index (χ4n) is 1.63. The van der Waals surface area contributed by atoms with Gasteiger partial charge in [0.25, 0.3) is 0 Å². The lowest BCUT2D eigenvalue weighted by molar-refractivity contribution is -0.120. The zero-order chi connectivity index (χ0) is 13.4. The molecule has 0 aliphatic rings. The van der Waals surface area contributed by atoms with Gasteiger partial charge in [-0.25, -0.2) is 0 Å². The second-order valence-corrected chi connectivity index (χ2v) is 3.82. The molecule has 0 aliphatic heterocycles. The quantitative estimate of drug-likeness (QED) is 0.789. The minimum Gasteiger partial charge on any atom is -0.497 e. The Balaban J connectivity index is 0.00000324. The van der Waals surface area contributed by atoms with Crippen molar-refractivity contribution in [3.05, 3.63) is 23.8 Å². The molecule has 0 bridgehead atoms. The molecular formula is C13H21ClN2O3. The van der Waals surface area contributed by atoms with Gasteiger partial charge in [0.15, 0.2) is 0 Å². The minimum atomic E-state index is -0.0284. The number of amides is 1. The molecule has 0 spiro atoms. The summed E-state index contributed by atoms with van der Waals surface area (Å²) in [4.78, 5) is 11.3. The van der Waals surface area contributed by atoms with Gasteiger partial charge in [-0.2, -0.15) is 0 Å². The first-order valence-electron chi connectivity index (χ1n) is 5.89. The average molecular weight is 289 g/mol. The van der Waals surface area contributed by atoms with E-state index in [1.807, 2.05) is 18.2 Å². The van der Waals surface area contributed by atoms with E-state index in [-0.39, 0.29) is 18.3 Å². The van der Waals surface area contributed by atoms with Gasteiger partial charge in [-0.15, -0.1) is 12.4 Å². The molecule has 0 saturated carbocycles. The summed E-state index contributed by atoms with van der Waals surface area (Å²) >= 11 is 0. The van der Waals surface area contributed by atoms with Crippen LogP contribution in [0.15, 0.2) is 18.2 Å². The van der Waals surface area contributed by atoms with Crippen molar-refractivity contribution in [2.75, 3.05) is 27.3 Å². The van der Waals surface area contributed by atoms with Crippen LogP contribution in [0.5, 0.6) is 11.5 Å². The molecule has 0 radical (unpaired) electrons. The van der Waals surface area contributed by atoms with Crippen molar-refractivity contribution < 1.29 is 14.3 Å². The molecule has 0 unspecified atom stereocenters. The number of carbonyl (C=O) groups is 1. The molecule has 108 valence electrons. The third-order valence-electron chi connectivity index (χ3n) is 2.58. The van der Waals surface area contributed by atoms with Crippen LogP contribution in [0, 0.1) is 0 Å². The van der Waals surface area contributed by atoms with E-state index in [2.05, 4.69) is 5.32 Å². The average Bonchev–Trinajstić information content (AvgIpc) is 2.39. The molecule has 0 saturated heterocycles. The predicted octanol–water partition coefficient (Wildman–Crippen LogP) is 1.13. The van der Waals surface area contributed by atoms with Crippen molar-refractivity contribution in [1.29, 1.82) is 0 Å². The van der Waals surface area contributed by atoms with E-state index < -0.39 is 0 Å². The molecule has 5 nitrogen and oxygen atoms in total. The van der Waals surface area contributed by atoms with Crippen LogP contribution >= 0.6 is 12.4 Å². The number of hydrogen-bond donors (Lipinski definition) is 2. The van der Waals surface area contributed by atoms with Crippen LogP contribution in [0.4, 0.5) is 0 Å². The lowest BCUT2D eigenvalue weighted by atomic mass is 10.1. The van der Waals surface area contributed by atoms with Gasteiger partial charge in [0.05, 0.1) is 14.2 Å². The summed E-state index contributed by atoms with van der Waals surface area (Å²) in [6.07, 6.45) is 1.05. The molecule has 1 aromatic rings. The number of methoxy groups -OCH3 is 2. The maximum absolute atomic E-state index is 11.3. The molecule has 0 aromatic heterocycles. The summed E-state index contributed by atoms with van der Waals surface area (Å²) in [7, 11) is 3.24. The van der Waals surface area contributed by atoms with Crippen LogP contribution in [0.3, 0.4) is 0 Å². The highest BCUT2D eigenvalue weighted by atomic mass is 35.5. The van der Waals surface area contributed by atoms with Crippen molar-refractivity contribution in [1.82, 2.24) is 5.32 Å². The number of hydrogen-bond acceptors (Lipinski definition) is 4. The second-order valence-electron chi connectivity index (χ2n) is 3.82. The topological polar surface area (TPSA) is 73.6 Å². The van der Waals surface area contributed by atoms with Crippen LogP contribution in [0.25, 0.3) is 0 Å². The molecule has 0 atom stereocenters.